The molecule has 0 aromatic carbocycles. The van der Waals surface area contributed by atoms with Gasteiger partial charge >= 0.3 is 143 Å². The molecule has 2 nitrogen and oxygen atoms in total. The molecule has 0 N–H and O–H groups in total. The fourth-order valence-electron chi connectivity index (χ4n) is 2.61. The summed E-state index contributed by atoms with van der Waals surface area (Å²) in [7, 11) is 0. The molecule has 20 heavy (non-hydrogen) atoms. The van der Waals surface area contributed by atoms with Crippen molar-refractivity contribution in [2.75, 3.05) is 6.54 Å². The molecule has 1 aliphatic rings. The number of alkyl halides is 1. The van der Waals surface area contributed by atoms with E-state index >= 15 is 0 Å². The van der Waals surface area contributed by atoms with Gasteiger partial charge in [-0.2, -0.15) is 0 Å². The summed E-state index contributed by atoms with van der Waals surface area (Å²) >= 11 is 7.06. The van der Waals surface area contributed by atoms with Gasteiger partial charge < -0.3 is 0 Å². The molecule has 1 aliphatic heterocycles. The average Bonchev–Trinajstić information content (AvgIpc) is 2.45. The zero-order chi connectivity index (χ0) is 15.0. The molecule has 1 atom stereocenters. The number of hydrogen-bond acceptors (Lipinski definition) is 2. The number of unbranched alkanes of at least 4 members (excludes halogenated alkanes) is 3. The number of allylic oxidation sites excluding steroid dienone is 2. The van der Waals surface area contributed by atoms with Crippen molar-refractivity contribution in [3.05, 3.63) is 11.4 Å². The van der Waals surface area contributed by atoms with Crippen LogP contribution in [-0.4, -0.2) is 43.2 Å². The van der Waals surface area contributed by atoms with Gasteiger partial charge in [-0.25, -0.2) is 0 Å². The normalized spacial score (nSPS) is 19.7. The first-order chi connectivity index (χ1) is 9.65. The summed E-state index contributed by atoms with van der Waals surface area (Å²) in [6, 6.07) is 0. The summed E-state index contributed by atoms with van der Waals surface area (Å²) in [5.74, 6) is 0. The molecule has 1 heterocycles. The molecule has 0 saturated heterocycles. The minimum absolute atomic E-state index is 0.0505. The van der Waals surface area contributed by atoms with Crippen LogP contribution in [-0.2, 0) is 0 Å². The standard InChI is InChI=1S/C16H28ClN2.Sn.3H/c1-4-7-10-14-15(11-8-5-2)19(12-9-6-3)16(17)13-18-14;;;;/h16H,4-12H2,1-3H3;;;;. The first kappa shape index (κ1) is 18.3. The van der Waals surface area contributed by atoms with Gasteiger partial charge in [0.1, 0.15) is 0 Å². The number of hydrogen-bond donors (Lipinski definition) is 0. The van der Waals surface area contributed by atoms with Gasteiger partial charge in [0.25, 0.3) is 0 Å². The van der Waals surface area contributed by atoms with Crippen LogP contribution in [0.4, 0.5) is 0 Å². The summed E-state index contributed by atoms with van der Waals surface area (Å²) in [6.45, 7) is 7.86. The molecule has 0 bridgehead atoms. The van der Waals surface area contributed by atoms with E-state index in [0.29, 0.717) is 22.5 Å². The van der Waals surface area contributed by atoms with E-state index in [2.05, 4.69) is 25.7 Å². The average molecular weight is 406 g/mol. The fraction of sp³-hybridized carbons (Fsp3) is 0.812. The van der Waals surface area contributed by atoms with Crippen LogP contribution >= 0.6 is 11.6 Å². The minimum atomic E-state index is 0.0505. The van der Waals surface area contributed by atoms with Crippen molar-refractivity contribution in [1.29, 1.82) is 0 Å². The first-order valence-corrected chi connectivity index (χ1v) is 11.6. The topological polar surface area (TPSA) is 15.6 Å². The SMILES string of the molecule is CCCCC1=C(CCCC)N(CCCC)C(Cl)[C]([SnH3])=N1. The Hall–Kier alpha value is 0.299. The van der Waals surface area contributed by atoms with Gasteiger partial charge in [0, 0.05) is 0 Å². The molecule has 1 rings (SSSR count). The molecule has 0 saturated carbocycles. The van der Waals surface area contributed by atoms with Crippen molar-refractivity contribution in [2.45, 2.75) is 77.6 Å². The molecular formula is C16H31ClN2Sn. The van der Waals surface area contributed by atoms with Gasteiger partial charge in [0.15, 0.2) is 0 Å². The van der Waals surface area contributed by atoms with E-state index < -0.39 is 0 Å². The maximum absolute atomic E-state index is 6.66. The number of nitrogens with zero attached hydrogens (tertiary/aromatic N) is 2. The quantitative estimate of drug-likeness (QED) is 0.321. The molecule has 0 aliphatic carbocycles. The van der Waals surface area contributed by atoms with Crippen LogP contribution in [0.25, 0.3) is 0 Å². The van der Waals surface area contributed by atoms with Gasteiger partial charge in [0.2, 0.25) is 0 Å². The summed E-state index contributed by atoms with van der Waals surface area (Å²) in [4.78, 5) is 7.37. The Morgan fingerprint density at radius 1 is 1.05 bits per heavy atom. The molecule has 0 radical (unpaired) electrons. The van der Waals surface area contributed by atoms with Gasteiger partial charge in [-0.3, -0.25) is 0 Å². The van der Waals surface area contributed by atoms with Crippen molar-refractivity contribution >= 4 is 37.9 Å². The number of aliphatic imine (C=N–C) groups is 1. The van der Waals surface area contributed by atoms with Crippen molar-refractivity contribution in [3.8, 4) is 0 Å². The van der Waals surface area contributed by atoms with Crippen LogP contribution in [0.5, 0.6) is 0 Å². The third-order valence-electron chi connectivity index (χ3n) is 3.90. The molecule has 0 amide bonds. The predicted molar refractivity (Wildman–Crippen MR) is 94.7 cm³/mol. The molecule has 4 heteroatoms. The van der Waals surface area contributed by atoms with Gasteiger partial charge in [-0.1, -0.05) is 0 Å². The van der Waals surface area contributed by atoms with Crippen molar-refractivity contribution in [1.82, 2.24) is 4.90 Å². The number of rotatable bonds is 9. The summed E-state index contributed by atoms with van der Waals surface area (Å²) in [5, 5.41) is 0. The van der Waals surface area contributed by atoms with E-state index in [1.807, 2.05) is 0 Å². The van der Waals surface area contributed by atoms with Crippen LogP contribution < -0.4 is 0 Å². The second kappa shape index (κ2) is 10.1. The number of halogens is 1. The van der Waals surface area contributed by atoms with Crippen molar-refractivity contribution < 1.29 is 0 Å². The van der Waals surface area contributed by atoms with Crippen LogP contribution in [0.2, 0.25) is 0 Å². The molecule has 0 fully saturated rings. The van der Waals surface area contributed by atoms with E-state index in [1.165, 1.54) is 53.6 Å². The predicted octanol–water partition coefficient (Wildman–Crippen LogP) is 4.02. The van der Waals surface area contributed by atoms with Gasteiger partial charge in [-0.05, 0) is 0 Å². The molecule has 116 valence electrons. The van der Waals surface area contributed by atoms with Crippen molar-refractivity contribution in [3.63, 3.8) is 0 Å². The molecular weight excluding hydrogens is 374 g/mol. The Kier molecular flexibility index (Phi) is 9.26. The van der Waals surface area contributed by atoms with Crippen LogP contribution in [0.15, 0.2) is 16.4 Å². The first-order valence-electron chi connectivity index (χ1n) is 8.33. The Labute approximate surface area is 143 Å². The zero-order valence-corrected chi connectivity index (χ0v) is 20.2. The van der Waals surface area contributed by atoms with Crippen LogP contribution in [0, 0.1) is 0 Å². The monoisotopic (exact) mass is 406 g/mol. The molecule has 0 spiro atoms. The van der Waals surface area contributed by atoms with E-state index in [4.69, 9.17) is 16.6 Å². The van der Waals surface area contributed by atoms with E-state index in [1.54, 1.807) is 0 Å². The fourth-order valence-corrected chi connectivity index (χ4v) is 4.54. The Morgan fingerprint density at radius 3 is 2.25 bits per heavy atom. The Balaban J connectivity index is 2.96. The third-order valence-corrected chi connectivity index (χ3v) is 7.69. The summed E-state index contributed by atoms with van der Waals surface area (Å²) < 4.78 is 1.27. The molecule has 0 aromatic rings. The van der Waals surface area contributed by atoms with Crippen LogP contribution in [0.3, 0.4) is 0 Å². The Morgan fingerprint density at radius 2 is 1.65 bits per heavy atom. The molecule has 1 unspecified atom stereocenters. The van der Waals surface area contributed by atoms with Gasteiger partial charge in [-0.15, -0.1) is 0 Å². The second-order valence-electron chi connectivity index (χ2n) is 5.74. The second-order valence-corrected chi connectivity index (χ2v) is 9.07. The van der Waals surface area contributed by atoms with Gasteiger partial charge in [0.05, 0.1) is 0 Å². The summed E-state index contributed by atoms with van der Waals surface area (Å²) in [6.07, 6.45) is 9.69. The van der Waals surface area contributed by atoms with E-state index in [9.17, 15) is 0 Å². The summed E-state index contributed by atoms with van der Waals surface area (Å²) in [5.41, 5.74) is 2.85. The molecule has 0 aromatic heterocycles. The Bertz CT molecular complexity index is 352. The van der Waals surface area contributed by atoms with Crippen molar-refractivity contribution in [2.24, 2.45) is 4.99 Å². The third kappa shape index (κ3) is 5.25. The maximum atomic E-state index is 6.66. The zero-order valence-electron chi connectivity index (χ0n) is 13.7. The van der Waals surface area contributed by atoms with E-state index in [0.717, 1.165) is 19.4 Å². The van der Waals surface area contributed by atoms with E-state index in [-0.39, 0.29) is 5.50 Å². The van der Waals surface area contributed by atoms with Crippen LogP contribution in [0.1, 0.15) is 72.1 Å².